The molecule has 0 amide bonds. The van der Waals surface area contributed by atoms with E-state index in [1.54, 1.807) is 13.3 Å². The van der Waals surface area contributed by atoms with Crippen LogP contribution in [-0.4, -0.2) is 49.2 Å². The Balaban J connectivity index is 2.22. The van der Waals surface area contributed by atoms with E-state index in [9.17, 15) is 4.79 Å². The lowest BCUT2D eigenvalue weighted by molar-refractivity contribution is 0.182. The maximum atomic E-state index is 12.1. The summed E-state index contributed by atoms with van der Waals surface area (Å²) in [4.78, 5) is 14.2. The van der Waals surface area contributed by atoms with Gasteiger partial charge in [0.15, 0.2) is 0 Å². The number of nitrogens with zero attached hydrogens (tertiary/aromatic N) is 3. The molecule has 1 aromatic heterocycles. The van der Waals surface area contributed by atoms with Gasteiger partial charge in [-0.25, -0.2) is 4.68 Å². The maximum Gasteiger partial charge on any atom is 0.287 e. The zero-order valence-electron chi connectivity index (χ0n) is 11.2. The molecule has 6 nitrogen and oxygen atoms in total. The van der Waals surface area contributed by atoms with Gasteiger partial charge in [0.05, 0.1) is 25.0 Å². The van der Waals surface area contributed by atoms with Crippen LogP contribution in [0.2, 0.25) is 5.02 Å². The van der Waals surface area contributed by atoms with E-state index in [2.05, 4.69) is 22.2 Å². The second kappa shape index (κ2) is 6.36. The number of anilines is 1. The van der Waals surface area contributed by atoms with Crippen molar-refractivity contribution in [2.24, 2.45) is 0 Å². The molecule has 2 heterocycles. The Morgan fingerprint density at radius 3 is 3.11 bits per heavy atom. The molecule has 1 atom stereocenters. The van der Waals surface area contributed by atoms with Crippen LogP contribution < -0.4 is 15.8 Å². The number of piperazine rings is 1. The quantitative estimate of drug-likeness (QED) is 0.865. The van der Waals surface area contributed by atoms with E-state index in [0.717, 1.165) is 19.6 Å². The van der Waals surface area contributed by atoms with Crippen molar-refractivity contribution in [3.05, 3.63) is 21.6 Å². The summed E-state index contributed by atoms with van der Waals surface area (Å²) in [6.45, 7) is 5.48. The van der Waals surface area contributed by atoms with Crippen molar-refractivity contribution >= 4 is 17.3 Å². The maximum absolute atomic E-state index is 12.1. The van der Waals surface area contributed by atoms with Gasteiger partial charge >= 0.3 is 0 Å². The zero-order chi connectivity index (χ0) is 13.8. The van der Waals surface area contributed by atoms with E-state index in [4.69, 9.17) is 16.3 Å². The van der Waals surface area contributed by atoms with E-state index >= 15 is 0 Å². The molecule has 2 rings (SSSR count). The summed E-state index contributed by atoms with van der Waals surface area (Å²) in [7, 11) is 1.59. The number of hydrogen-bond acceptors (Lipinski definition) is 5. The minimum absolute atomic E-state index is 0.236. The summed E-state index contributed by atoms with van der Waals surface area (Å²) in [5.74, 6) is 0. The molecule has 0 saturated carbocycles. The lowest BCUT2D eigenvalue weighted by atomic mass is 10.2. The minimum Gasteiger partial charge on any atom is -0.383 e. The number of methoxy groups -OCH3 is 1. The second-order valence-electron chi connectivity index (χ2n) is 4.67. The third-order valence-corrected chi connectivity index (χ3v) is 3.54. The van der Waals surface area contributed by atoms with Gasteiger partial charge in [0.25, 0.3) is 5.56 Å². The largest absolute Gasteiger partial charge is 0.383 e. The molecule has 0 spiro atoms. The number of nitrogens with one attached hydrogen (secondary N) is 1. The summed E-state index contributed by atoms with van der Waals surface area (Å²) in [6.07, 6.45) is 1.66. The third-order valence-electron chi connectivity index (χ3n) is 3.18. The summed E-state index contributed by atoms with van der Waals surface area (Å²) < 4.78 is 6.27. The molecule has 0 aliphatic carbocycles. The summed E-state index contributed by atoms with van der Waals surface area (Å²) in [5.41, 5.74) is 0.455. The lowest BCUT2D eigenvalue weighted by Crippen LogP contribution is -2.49. The number of hydrogen-bond donors (Lipinski definition) is 1. The Labute approximate surface area is 117 Å². The molecule has 106 valence electrons. The average Bonchev–Trinajstić information content (AvgIpc) is 2.40. The fraction of sp³-hybridized carbons (Fsp3) is 0.667. The normalized spacial score (nSPS) is 19.7. The molecule has 1 aromatic rings. The summed E-state index contributed by atoms with van der Waals surface area (Å²) in [6, 6.07) is 0.376. The number of ether oxygens (including phenoxy) is 1. The molecule has 1 fully saturated rings. The predicted molar refractivity (Wildman–Crippen MR) is 75.1 cm³/mol. The third kappa shape index (κ3) is 3.26. The van der Waals surface area contributed by atoms with Gasteiger partial charge in [0.1, 0.15) is 5.02 Å². The number of rotatable bonds is 4. The Kier molecular flexibility index (Phi) is 4.79. The van der Waals surface area contributed by atoms with Crippen molar-refractivity contribution in [3.8, 4) is 0 Å². The van der Waals surface area contributed by atoms with Crippen molar-refractivity contribution in [2.75, 3.05) is 38.3 Å². The fourth-order valence-corrected chi connectivity index (χ4v) is 2.43. The zero-order valence-corrected chi connectivity index (χ0v) is 12.0. The van der Waals surface area contributed by atoms with E-state index in [1.165, 1.54) is 4.68 Å². The van der Waals surface area contributed by atoms with Gasteiger partial charge in [-0.15, -0.1) is 0 Å². The van der Waals surface area contributed by atoms with Crippen molar-refractivity contribution in [1.29, 1.82) is 0 Å². The van der Waals surface area contributed by atoms with E-state index < -0.39 is 0 Å². The topological polar surface area (TPSA) is 59.4 Å². The molecule has 19 heavy (non-hydrogen) atoms. The molecule has 1 aliphatic heterocycles. The van der Waals surface area contributed by atoms with Crippen LogP contribution in [0.15, 0.2) is 11.0 Å². The molecule has 1 saturated heterocycles. The highest BCUT2D eigenvalue weighted by Gasteiger charge is 2.20. The predicted octanol–water partition coefficient (Wildman–Crippen LogP) is 0.341. The van der Waals surface area contributed by atoms with Crippen LogP contribution in [0.4, 0.5) is 5.69 Å². The van der Waals surface area contributed by atoms with Crippen LogP contribution in [0.25, 0.3) is 0 Å². The average molecular weight is 287 g/mol. The summed E-state index contributed by atoms with van der Waals surface area (Å²) >= 11 is 6.18. The van der Waals surface area contributed by atoms with Crippen LogP contribution in [-0.2, 0) is 11.3 Å². The molecule has 0 unspecified atom stereocenters. The van der Waals surface area contributed by atoms with Gasteiger partial charge < -0.3 is 15.0 Å². The van der Waals surface area contributed by atoms with Crippen molar-refractivity contribution in [3.63, 3.8) is 0 Å². The van der Waals surface area contributed by atoms with Gasteiger partial charge in [-0.2, -0.15) is 5.10 Å². The van der Waals surface area contributed by atoms with Gasteiger partial charge in [-0.05, 0) is 6.92 Å². The molecule has 0 aromatic carbocycles. The summed E-state index contributed by atoms with van der Waals surface area (Å²) in [5, 5.41) is 7.74. The molecule has 1 aliphatic rings. The van der Waals surface area contributed by atoms with E-state index in [0.29, 0.717) is 24.9 Å². The van der Waals surface area contributed by atoms with E-state index in [1.807, 2.05) is 0 Å². The molecule has 0 bridgehead atoms. The number of aromatic nitrogens is 2. The van der Waals surface area contributed by atoms with Gasteiger partial charge in [0, 0.05) is 32.8 Å². The van der Waals surface area contributed by atoms with Gasteiger partial charge in [-0.1, -0.05) is 11.6 Å². The monoisotopic (exact) mass is 286 g/mol. The lowest BCUT2D eigenvalue weighted by Gasteiger charge is -2.33. The molecular formula is C12H19ClN4O2. The van der Waals surface area contributed by atoms with Crippen LogP contribution in [0.3, 0.4) is 0 Å². The van der Waals surface area contributed by atoms with Crippen molar-refractivity contribution in [2.45, 2.75) is 19.5 Å². The van der Waals surface area contributed by atoms with E-state index in [-0.39, 0.29) is 10.6 Å². The Morgan fingerprint density at radius 2 is 2.42 bits per heavy atom. The van der Waals surface area contributed by atoms with Gasteiger partial charge in [0.2, 0.25) is 0 Å². The highest BCUT2D eigenvalue weighted by molar-refractivity contribution is 6.33. The van der Waals surface area contributed by atoms with Crippen LogP contribution >= 0.6 is 11.6 Å². The first kappa shape index (κ1) is 14.3. The van der Waals surface area contributed by atoms with Crippen LogP contribution in [0.5, 0.6) is 0 Å². The van der Waals surface area contributed by atoms with Crippen molar-refractivity contribution in [1.82, 2.24) is 15.1 Å². The molecule has 0 radical (unpaired) electrons. The molecule has 7 heteroatoms. The fourth-order valence-electron chi connectivity index (χ4n) is 2.16. The van der Waals surface area contributed by atoms with Crippen molar-refractivity contribution < 1.29 is 4.74 Å². The van der Waals surface area contributed by atoms with Crippen LogP contribution in [0.1, 0.15) is 6.92 Å². The van der Waals surface area contributed by atoms with Gasteiger partial charge in [-0.3, -0.25) is 4.79 Å². The highest BCUT2D eigenvalue weighted by atomic mass is 35.5. The first-order valence-corrected chi connectivity index (χ1v) is 6.74. The highest BCUT2D eigenvalue weighted by Crippen LogP contribution is 2.21. The first-order valence-electron chi connectivity index (χ1n) is 6.36. The smallest absolute Gasteiger partial charge is 0.287 e. The Hall–Kier alpha value is -1.11. The Morgan fingerprint density at radius 1 is 1.63 bits per heavy atom. The number of halogens is 1. The molecular weight excluding hydrogens is 268 g/mol. The second-order valence-corrected chi connectivity index (χ2v) is 5.04. The van der Waals surface area contributed by atoms with Crippen LogP contribution in [0, 0.1) is 0 Å². The minimum atomic E-state index is -0.262. The Bertz CT molecular complexity index is 491. The molecule has 1 N–H and O–H groups in total. The SMILES string of the molecule is COCCn1ncc(N2CCN[C@@H](C)C2)c(Cl)c1=O. The first-order chi connectivity index (χ1) is 9.13. The standard InChI is InChI=1S/C12H19ClN4O2/c1-9-8-16(4-3-14-9)10-7-15-17(5-6-19-2)12(18)11(10)13/h7,9,14H,3-6,8H2,1-2H3/t9-/m0/s1.